The van der Waals surface area contributed by atoms with Crippen LogP contribution in [-0.4, -0.2) is 17.8 Å². The molecular formula is C13H10BrClO3S. The van der Waals surface area contributed by atoms with E-state index < -0.39 is 12.2 Å². The van der Waals surface area contributed by atoms with Gasteiger partial charge in [-0.25, -0.2) is 0 Å². The second-order valence-electron chi connectivity index (χ2n) is 4.13. The number of thiophene rings is 1. The molecule has 1 aliphatic heterocycles. The lowest BCUT2D eigenvalue weighted by Crippen LogP contribution is -2.34. The molecule has 1 N–H and O–H groups in total. The summed E-state index contributed by atoms with van der Waals surface area (Å²) in [6.07, 6.45) is -1.20. The SMILES string of the molecule is OC(c1cc(Br)c(Cl)s1)C1COc2ccccc2O1. The summed E-state index contributed by atoms with van der Waals surface area (Å²) in [5.41, 5.74) is 0. The number of fused-ring (bicyclic) bond motifs is 1. The Labute approximate surface area is 127 Å². The highest BCUT2D eigenvalue weighted by molar-refractivity contribution is 9.10. The van der Waals surface area contributed by atoms with Gasteiger partial charge in [-0.15, -0.1) is 11.3 Å². The normalized spacial score (nSPS) is 19.2. The van der Waals surface area contributed by atoms with Crippen LogP contribution >= 0.6 is 38.9 Å². The zero-order valence-corrected chi connectivity index (χ0v) is 12.8. The summed E-state index contributed by atoms with van der Waals surface area (Å²) >= 11 is 10.6. The summed E-state index contributed by atoms with van der Waals surface area (Å²) in [6.45, 7) is 0.311. The number of aliphatic hydroxyl groups is 1. The van der Waals surface area contributed by atoms with Crippen LogP contribution in [0.1, 0.15) is 11.0 Å². The predicted molar refractivity (Wildman–Crippen MR) is 78.3 cm³/mol. The van der Waals surface area contributed by atoms with Gasteiger partial charge < -0.3 is 14.6 Å². The van der Waals surface area contributed by atoms with Gasteiger partial charge in [0.2, 0.25) is 0 Å². The molecule has 0 saturated heterocycles. The number of hydrogen-bond acceptors (Lipinski definition) is 4. The molecule has 100 valence electrons. The van der Waals surface area contributed by atoms with Crippen LogP contribution in [0.5, 0.6) is 11.5 Å². The molecule has 0 amide bonds. The van der Waals surface area contributed by atoms with E-state index in [1.165, 1.54) is 11.3 Å². The van der Waals surface area contributed by atoms with Gasteiger partial charge in [0, 0.05) is 9.35 Å². The van der Waals surface area contributed by atoms with Crippen LogP contribution in [0.2, 0.25) is 4.34 Å². The zero-order chi connectivity index (χ0) is 13.4. The van der Waals surface area contributed by atoms with Crippen molar-refractivity contribution in [1.29, 1.82) is 0 Å². The number of halogens is 2. The molecule has 0 bridgehead atoms. The van der Waals surface area contributed by atoms with Gasteiger partial charge >= 0.3 is 0 Å². The van der Waals surface area contributed by atoms with E-state index in [4.69, 9.17) is 21.1 Å². The molecule has 0 spiro atoms. The van der Waals surface area contributed by atoms with Crippen LogP contribution in [0.3, 0.4) is 0 Å². The monoisotopic (exact) mass is 360 g/mol. The molecule has 6 heteroatoms. The molecule has 2 aromatic rings. The molecule has 0 fully saturated rings. The van der Waals surface area contributed by atoms with E-state index in [0.29, 0.717) is 22.4 Å². The van der Waals surface area contributed by atoms with E-state index in [2.05, 4.69) is 15.9 Å². The summed E-state index contributed by atoms with van der Waals surface area (Å²) in [7, 11) is 0. The van der Waals surface area contributed by atoms with E-state index in [0.717, 1.165) is 9.35 Å². The quantitative estimate of drug-likeness (QED) is 0.877. The number of rotatable bonds is 2. The average Bonchev–Trinajstić information content (AvgIpc) is 2.77. The van der Waals surface area contributed by atoms with Crippen molar-refractivity contribution in [3.05, 3.63) is 44.0 Å². The second kappa shape index (κ2) is 5.32. The number of hydrogen-bond donors (Lipinski definition) is 1. The van der Waals surface area contributed by atoms with Crippen LogP contribution in [0.4, 0.5) is 0 Å². The lowest BCUT2D eigenvalue weighted by atomic mass is 10.1. The Hall–Kier alpha value is -0.750. The fraction of sp³-hybridized carbons (Fsp3) is 0.231. The van der Waals surface area contributed by atoms with Gasteiger partial charge in [0.05, 0.1) is 0 Å². The summed E-state index contributed by atoms with van der Waals surface area (Å²) in [5.74, 6) is 1.36. The molecule has 0 radical (unpaired) electrons. The Bertz CT molecular complexity index is 582. The maximum atomic E-state index is 10.3. The van der Waals surface area contributed by atoms with Crippen molar-refractivity contribution in [2.45, 2.75) is 12.2 Å². The van der Waals surface area contributed by atoms with E-state index in [-0.39, 0.29) is 0 Å². The topological polar surface area (TPSA) is 38.7 Å². The van der Waals surface area contributed by atoms with Gasteiger partial charge in [-0.05, 0) is 34.1 Å². The number of benzene rings is 1. The highest BCUT2D eigenvalue weighted by atomic mass is 79.9. The number of aliphatic hydroxyl groups excluding tert-OH is 1. The van der Waals surface area contributed by atoms with Crippen molar-refractivity contribution in [3.63, 3.8) is 0 Å². The Morgan fingerprint density at radius 1 is 1.37 bits per heavy atom. The number of para-hydroxylation sites is 2. The van der Waals surface area contributed by atoms with Crippen LogP contribution < -0.4 is 9.47 Å². The van der Waals surface area contributed by atoms with Crippen LogP contribution in [0, 0.1) is 0 Å². The minimum Gasteiger partial charge on any atom is -0.486 e. The van der Waals surface area contributed by atoms with Gasteiger partial charge in [0.25, 0.3) is 0 Å². The van der Waals surface area contributed by atoms with Crippen molar-refractivity contribution in [2.75, 3.05) is 6.61 Å². The van der Waals surface area contributed by atoms with Gasteiger partial charge in [0.15, 0.2) is 17.6 Å². The maximum absolute atomic E-state index is 10.3. The average molecular weight is 362 g/mol. The Morgan fingerprint density at radius 3 is 2.79 bits per heavy atom. The van der Waals surface area contributed by atoms with Gasteiger partial charge in [-0.1, -0.05) is 23.7 Å². The third kappa shape index (κ3) is 2.60. The smallest absolute Gasteiger partial charge is 0.163 e. The van der Waals surface area contributed by atoms with Crippen molar-refractivity contribution < 1.29 is 14.6 Å². The van der Waals surface area contributed by atoms with Crippen molar-refractivity contribution in [2.24, 2.45) is 0 Å². The first-order valence-corrected chi connectivity index (χ1v) is 7.65. The first-order chi connectivity index (χ1) is 9.15. The predicted octanol–water partition coefficient (Wildman–Crippen LogP) is 4.04. The van der Waals surface area contributed by atoms with Crippen molar-refractivity contribution in [1.82, 2.24) is 0 Å². The lowest BCUT2D eigenvalue weighted by Gasteiger charge is -2.29. The third-order valence-electron chi connectivity index (χ3n) is 2.84. The minimum absolute atomic E-state index is 0.311. The molecule has 1 aromatic carbocycles. The molecule has 1 aromatic heterocycles. The van der Waals surface area contributed by atoms with E-state index >= 15 is 0 Å². The summed E-state index contributed by atoms with van der Waals surface area (Å²) < 4.78 is 12.8. The maximum Gasteiger partial charge on any atom is 0.163 e. The van der Waals surface area contributed by atoms with E-state index in [1.54, 1.807) is 0 Å². The molecule has 2 unspecified atom stereocenters. The standard InChI is InChI=1S/C13H10BrClO3S/c14-7-5-11(19-13(7)15)12(16)10-6-17-8-3-1-2-4-9(8)18-10/h1-5,10,12,16H,6H2. The zero-order valence-electron chi connectivity index (χ0n) is 9.68. The number of ether oxygens (including phenoxy) is 2. The molecule has 19 heavy (non-hydrogen) atoms. The largest absolute Gasteiger partial charge is 0.486 e. The van der Waals surface area contributed by atoms with Crippen molar-refractivity contribution in [3.8, 4) is 11.5 Å². The van der Waals surface area contributed by atoms with Crippen LogP contribution in [0.15, 0.2) is 34.8 Å². The molecule has 0 saturated carbocycles. The molecule has 0 aliphatic carbocycles. The van der Waals surface area contributed by atoms with E-state index in [9.17, 15) is 5.11 Å². The summed E-state index contributed by atoms with van der Waals surface area (Å²) in [6, 6.07) is 9.23. The minimum atomic E-state index is -0.762. The highest BCUT2D eigenvalue weighted by Gasteiger charge is 2.30. The van der Waals surface area contributed by atoms with Gasteiger partial charge in [-0.3, -0.25) is 0 Å². The first-order valence-electron chi connectivity index (χ1n) is 5.66. The molecule has 2 atom stereocenters. The molecule has 3 nitrogen and oxygen atoms in total. The highest BCUT2D eigenvalue weighted by Crippen LogP contribution is 2.39. The van der Waals surface area contributed by atoms with E-state index in [1.807, 2.05) is 30.3 Å². The Kier molecular flexibility index (Phi) is 3.71. The lowest BCUT2D eigenvalue weighted by molar-refractivity contribution is -0.00960. The van der Waals surface area contributed by atoms with Gasteiger partial charge in [-0.2, -0.15) is 0 Å². The van der Waals surface area contributed by atoms with Gasteiger partial charge in [0.1, 0.15) is 17.0 Å². The molecule has 2 heterocycles. The second-order valence-corrected chi connectivity index (χ2v) is 6.67. The summed E-state index contributed by atoms with van der Waals surface area (Å²) in [5, 5.41) is 10.3. The Balaban J connectivity index is 1.81. The fourth-order valence-corrected chi connectivity index (χ4v) is 3.66. The molecular weight excluding hydrogens is 352 g/mol. The molecule has 1 aliphatic rings. The Morgan fingerprint density at radius 2 is 2.11 bits per heavy atom. The molecule has 3 rings (SSSR count). The third-order valence-corrected chi connectivity index (χ3v) is 5.38. The first kappa shape index (κ1) is 13.2. The summed E-state index contributed by atoms with van der Waals surface area (Å²) in [4.78, 5) is 0.754. The van der Waals surface area contributed by atoms with Crippen LogP contribution in [-0.2, 0) is 0 Å². The van der Waals surface area contributed by atoms with Crippen molar-refractivity contribution >= 4 is 38.9 Å². The van der Waals surface area contributed by atoms with Crippen LogP contribution in [0.25, 0.3) is 0 Å². The fourth-order valence-electron chi connectivity index (χ4n) is 1.88.